The summed E-state index contributed by atoms with van der Waals surface area (Å²) in [4.78, 5) is 14.9. The second-order valence-electron chi connectivity index (χ2n) is 5.22. The lowest BCUT2D eigenvalue weighted by Gasteiger charge is -2.31. The van der Waals surface area contributed by atoms with Gasteiger partial charge in [-0.05, 0) is 19.1 Å². The van der Waals surface area contributed by atoms with Crippen LogP contribution in [0.2, 0.25) is 0 Å². The lowest BCUT2D eigenvalue weighted by atomic mass is 9.83. The normalized spacial score (nSPS) is 17.3. The average molecular weight is 292 g/mol. The van der Waals surface area contributed by atoms with Crippen LogP contribution in [0.15, 0.2) is 5.16 Å². The first-order valence-corrected chi connectivity index (χ1v) is 7.98. The molecule has 6 nitrogen and oxygen atoms in total. The van der Waals surface area contributed by atoms with Crippen LogP contribution in [0.1, 0.15) is 32.1 Å². The molecule has 1 fully saturated rings. The Balaban J connectivity index is 2.27. The van der Waals surface area contributed by atoms with Crippen molar-refractivity contribution in [3.63, 3.8) is 0 Å². The number of nitriles is 1. The van der Waals surface area contributed by atoms with Crippen LogP contribution < -0.4 is 10.2 Å². The molecule has 0 radical (unpaired) electrons. The smallest absolute Gasteiger partial charge is 0.230 e. The number of rotatable bonds is 4. The molecule has 1 aliphatic rings. The van der Waals surface area contributed by atoms with Crippen LogP contribution in [0, 0.1) is 11.3 Å². The van der Waals surface area contributed by atoms with E-state index in [2.05, 4.69) is 26.3 Å². The first-order chi connectivity index (χ1) is 9.58. The van der Waals surface area contributed by atoms with Gasteiger partial charge in [-0.25, -0.2) is 0 Å². The van der Waals surface area contributed by atoms with Crippen molar-refractivity contribution in [2.45, 2.75) is 42.8 Å². The number of thioether (sulfide) groups is 1. The summed E-state index contributed by atoms with van der Waals surface area (Å²) in [6.45, 7) is 0. The summed E-state index contributed by atoms with van der Waals surface area (Å²) in [5.74, 6) is 1.10. The average Bonchev–Trinajstić information content (AvgIpc) is 2.47. The van der Waals surface area contributed by atoms with E-state index in [4.69, 9.17) is 0 Å². The summed E-state index contributed by atoms with van der Waals surface area (Å²) in [6, 6.07) is 2.42. The highest BCUT2D eigenvalue weighted by Gasteiger charge is 2.33. The molecule has 0 aliphatic heterocycles. The Labute approximate surface area is 124 Å². The van der Waals surface area contributed by atoms with E-state index in [9.17, 15) is 5.26 Å². The fourth-order valence-electron chi connectivity index (χ4n) is 2.33. The Morgan fingerprint density at radius 1 is 1.20 bits per heavy atom. The molecule has 0 saturated heterocycles. The molecule has 0 aromatic carbocycles. The van der Waals surface area contributed by atoms with E-state index >= 15 is 0 Å². The van der Waals surface area contributed by atoms with Gasteiger partial charge in [0.2, 0.25) is 11.9 Å². The van der Waals surface area contributed by atoms with Gasteiger partial charge in [0.05, 0.1) is 6.07 Å². The number of anilines is 2. The number of hydrogen-bond donors (Lipinski definition) is 1. The number of hydrogen-bond acceptors (Lipinski definition) is 7. The van der Waals surface area contributed by atoms with E-state index in [0.717, 1.165) is 25.7 Å². The Morgan fingerprint density at radius 3 is 2.45 bits per heavy atom. The van der Waals surface area contributed by atoms with E-state index < -0.39 is 5.54 Å². The zero-order valence-electron chi connectivity index (χ0n) is 12.2. The summed E-state index contributed by atoms with van der Waals surface area (Å²) in [5.41, 5.74) is -0.529. The molecule has 1 aliphatic carbocycles. The zero-order chi connectivity index (χ0) is 14.6. The molecule has 0 amide bonds. The highest BCUT2D eigenvalue weighted by molar-refractivity contribution is 7.98. The van der Waals surface area contributed by atoms with Crippen molar-refractivity contribution in [1.29, 1.82) is 5.26 Å². The zero-order valence-corrected chi connectivity index (χ0v) is 13.0. The fraction of sp³-hybridized carbons (Fsp3) is 0.692. The van der Waals surface area contributed by atoms with Crippen LogP contribution in [0.25, 0.3) is 0 Å². The van der Waals surface area contributed by atoms with Crippen LogP contribution in [-0.2, 0) is 0 Å². The van der Waals surface area contributed by atoms with Gasteiger partial charge < -0.3 is 10.2 Å². The highest BCUT2D eigenvalue weighted by Crippen LogP contribution is 2.30. The maximum Gasteiger partial charge on any atom is 0.230 e. The van der Waals surface area contributed by atoms with Crippen LogP contribution in [0.3, 0.4) is 0 Å². The third kappa shape index (κ3) is 3.31. The van der Waals surface area contributed by atoms with E-state index in [-0.39, 0.29) is 0 Å². The van der Waals surface area contributed by atoms with Gasteiger partial charge in [0.25, 0.3) is 0 Å². The summed E-state index contributed by atoms with van der Waals surface area (Å²) in [6.07, 6.45) is 6.96. The Kier molecular flexibility index (Phi) is 4.65. The highest BCUT2D eigenvalue weighted by atomic mass is 32.2. The Morgan fingerprint density at radius 2 is 1.90 bits per heavy atom. The van der Waals surface area contributed by atoms with Crippen molar-refractivity contribution >= 4 is 23.7 Å². The van der Waals surface area contributed by atoms with E-state index in [0.29, 0.717) is 17.1 Å². The summed E-state index contributed by atoms with van der Waals surface area (Å²) >= 11 is 1.47. The maximum atomic E-state index is 9.51. The topological polar surface area (TPSA) is 77.7 Å². The van der Waals surface area contributed by atoms with E-state index in [1.165, 1.54) is 18.2 Å². The summed E-state index contributed by atoms with van der Waals surface area (Å²) in [5, 5.41) is 13.4. The van der Waals surface area contributed by atoms with Gasteiger partial charge in [-0.1, -0.05) is 31.0 Å². The predicted octanol–water partition coefficient (Wildman–Crippen LogP) is 2.30. The minimum Gasteiger partial charge on any atom is -0.347 e. The largest absolute Gasteiger partial charge is 0.347 e. The fourth-order valence-corrected chi connectivity index (χ4v) is 2.68. The van der Waals surface area contributed by atoms with Gasteiger partial charge in [-0.3, -0.25) is 0 Å². The molecule has 1 aromatic heterocycles. The van der Waals surface area contributed by atoms with Gasteiger partial charge in [0, 0.05) is 14.1 Å². The molecule has 108 valence electrons. The van der Waals surface area contributed by atoms with Gasteiger partial charge in [-0.15, -0.1) is 0 Å². The van der Waals surface area contributed by atoms with Crippen molar-refractivity contribution in [2.24, 2.45) is 0 Å². The van der Waals surface area contributed by atoms with Gasteiger partial charge in [0.1, 0.15) is 5.54 Å². The van der Waals surface area contributed by atoms with Crippen molar-refractivity contribution in [1.82, 2.24) is 15.0 Å². The third-order valence-corrected chi connectivity index (χ3v) is 4.01. The minimum absolute atomic E-state index is 0.497. The molecule has 20 heavy (non-hydrogen) atoms. The summed E-state index contributed by atoms with van der Waals surface area (Å²) < 4.78 is 0. The maximum absolute atomic E-state index is 9.51. The second kappa shape index (κ2) is 6.27. The van der Waals surface area contributed by atoms with E-state index in [1.54, 1.807) is 0 Å². The predicted molar refractivity (Wildman–Crippen MR) is 81.0 cm³/mol. The standard InChI is InChI=1S/C13H20N6S/c1-19(2)11-15-10(16-12(17-11)20-3)18-13(9-14)7-5-4-6-8-13/h4-8H2,1-3H3,(H,15,16,17,18). The second-order valence-corrected chi connectivity index (χ2v) is 5.99. The molecular weight excluding hydrogens is 272 g/mol. The third-order valence-electron chi connectivity index (χ3n) is 3.46. The first kappa shape index (κ1) is 14.9. The lowest BCUT2D eigenvalue weighted by Crippen LogP contribution is -2.39. The van der Waals surface area contributed by atoms with Gasteiger partial charge >= 0.3 is 0 Å². The molecule has 7 heteroatoms. The van der Waals surface area contributed by atoms with Crippen LogP contribution >= 0.6 is 11.8 Å². The van der Waals surface area contributed by atoms with Crippen molar-refractivity contribution in [2.75, 3.05) is 30.6 Å². The van der Waals surface area contributed by atoms with Crippen molar-refractivity contribution in [3.8, 4) is 6.07 Å². The molecule has 1 saturated carbocycles. The Hall–Kier alpha value is -1.55. The number of nitrogens with zero attached hydrogens (tertiary/aromatic N) is 5. The number of aromatic nitrogens is 3. The molecule has 1 aromatic rings. The quantitative estimate of drug-likeness (QED) is 0.853. The molecular formula is C13H20N6S. The van der Waals surface area contributed by atoms with Crippen LogP contribution in [0.4, 0.5) is 11.9 Å². The molecule has 2 rings (SSSR count). The number of nitrogens with one attached hydrogen (secondary N) is 1. The van der Waals surface area contributed by atoms with E-state index in [1.807, 2.05) is 25.3 Å². The molecule has 0 atom stereocenters. The summed E-state index contributed by atoms with van der Waals surface area (Å²) in [7, 11) is 3.79. The van der Waals surface area contributed by atoms with Gasteiger partial charge in [0.15, 0.2) is 5.16 Å². The minimum atomic E-state index is -0.529. The Bertz CT molecular complexity index is 504. The monoisotopic (exact) mass is 292 g/mol. The molecule has 1 N–H and O–H groups in total. The molecule has 1 heterocycles. The van der Waals surface area contributed by atoms with Crippen LogP contribution in [0.5, 0.6) is 0 Å². The SMILES string of the molecule is CSc1nc(NC2(C#N)CCCCC2)nc(N(C)C)n1. The molecule has 0 unspecified atom stereocenters. The molecule has 0 spiro atoms. The lowest BCUT2D eigenvalue weighted by molar-refractivity contribution is 0.390. The van der Waals surface area contributed by atoms with Crippen molar-refractivity contribution in [3.05, 3.63) is 0 Å². The van der Waals surface area contributed by atoms with Crippen LogP contribution in [-0.4, -0.2) is 40.8 Å². The molecule has 0 bridgehead atoms. The first-order valence-electron chi connectivity index (χ1n) is 6.75. The van der Waals surface area contributed by atoms with Gasteiger partial charge in [-0.2, -0.15) is 20.2 Å². The van der Waals surface area contributed by atoms with Crippen molar-refractivity contribution < 1.29 is 0 Å².